The van der Waals surface area contributed by atoms with Gasteiger partial charge in [-0.05, 0) is 48.5 Å². The first kappa shape index (κ1) is 20.2. The molecule has 0 radical (unpaired) electrons. The van der Waals surface area contributed by atoms with E-state index in [-0.39, 0.29) is 12.2 Å². The number of Topliss-reactive ketones (excluding diaryl/α,β-unsaturated/α-hetero) is 1. The molecule has 128 valence electrons. The van der Waals surface area contributed by atoms with E-state index in [1.807, 2.05) is 0 Å². The summed E-state index contributed by atoms with van der Waals surface area (Å²) in [5.41, 5.74) is 0.817. The molecule has 0 bridgehead atoms. The lowest BCUT2D eigenvalue weighted by Gasteiger charge is -2.31. The van der Waals surface area contributed by atoms with E-state index in [1.165, 1.54) is 6.92 Å². The molecule has 1 N–H and O–H groups in total. The van der Waals surface area contributed by atoms with E-state index in [2.05, 4.69) is 5.43 Å². The van der Waals surface area contributed by atoms with Crippen LogP contribution in [-0.4, -0.2) is 40.2 Å². The number of ether oxygens (including phenoxy) is 2. The number of nitrogens with zero attached hydrogens (tertiary/aromatic N) is 1. The van der Waals surface area contributed by atoms with E-state index < -0.39 is 29.4 Å². The molecule has 0 heterocycles. The number of hydrazine groups is 1. The molecule has 0 spiro atoms. The Morgan fingerprint density at radius 1 is 1.00 bits per heavy atom. The number of ketones is 1. The number of carbonyl (C=O) groups is 3. The van der Waals surface area contributed by atoms with Gasteiger partial charge in [0.15, 0.2) is 5.78 Å². The zero-order chi connectivity index (χ0) is 17.7. The van der Waals surface area contributed by atoms with Gasteiger partial charge in [-0.15, -0.1) is 0 Å². The Kier molecular flexibility index (Phi) is 6.86. The van der Waals surface area contributed by atoms with Crippen molar-refractivity contribution >= 4 is 18.0 Å². The SMILES string of the molecule is CCC(=O)C(C)N(NC(=O)OC(C)(C)C)C(=O)OC(C)(C)C. The number of carbonyl (C=O) groups excluding carboxylic acids is 3. The number of nitrogens with one attached hydrogen (secondary N) is 1. The molecule has 0 aliphatic carbocycles. The Morgan fingerprint density at radius 3 is 1.82 bits per heavy atom. The largest absolute Gasteiger partial charge is 0.443 e. The fourth-order valence-corrected chi connectivity index (χ4v) is 1.45. The third kappa shape index (κ3) is 7.85. The Bertz CT molecular complexity index is 421. The monoisotopic (exact) mass is 316 g/mol. The topological polar surface area (TPSA) is 84.9 Å². The molecule has 0 saturated heterocycles. The van der Waals surface area contributed by atoms with E-state index in [9.17, 15) is 14.4 Å². The summed E-state index contributed by atoms with van der Waals surface area (Å²) in [7, 11) is 0. The predicted octanol–water partition coefficient (Wildman–Crippen LogP) is 3.03. The highest BCUT2D eigenvalue weighted by Crippen LogP contribution is 2.13. The maximum absolute atomic E-state index is 12.2. The summed E-state index contributed by atoms with van der Waals surface area (Å²) in [5, 5.41) is 0.866. The van der Waals surface area contributed by atoms with E-state index in [0.29, 0.717) is 0 Å². The average molecular weight is 316 g/mol. The minimum absolute atomic E-state index is 0.207. The lowest BCUT2D eigenvalue weighted by atomic mass is 10.1. The summed E-state index contributed by atoms with van der Waals surface area (Å²) in [6, 6.07) is -0.854. The number of hydrogen-bond acceptors (Lipinski definition) is 5. The zero-order valence-electron chi connectivity index (χ0n) is 14.8. The van der Waals surface area contributed by atoms with E-state index in [0.717, 1.165) is 5.01 Å². The molecule has 0 saturated carbocycles. The molecule has 0 rings (SSSR count). The number of amides is 2. The smallest absolute Gasteiger partial charge is 0.429 e. The van der Waals surface area contributed by atoms with Crippen LogP contribution in [0.25, 0.3) is 0 Å². The summed E-state index contributed by atoms with van der Waals surface area (Å²) in [4.78, 5) is 35.9. The Balaban J connectivity index is 5.14. The first-order valence-electron chi connectivity index (χ1n) is 7.31. The Labute approximate surface area is 132 Å². The number of hydrogen-bond donors (Lipinski definition) is 1. The van der Waals surface area contributed by atoms with Crippen LogP contribution < -0.4 is 5.43 Å². The van der Waals surface area contributed by atoms with Crippen molar-refractivity contribution in [2.75, 3.05) is 0 Å². The van der Waals surface area contributed by atoms with Gasteiger partial charge in [0.25, 0.3) is 0 Å². The molecule has 1 unspecified atom stereocenters. The van der Waals surface area contributed by atoms with Crippen LogP contribution in [0.1, 0.15) is 61.8 Å². The predicted molar refractivity (Wildman–Crippen MR) is 82.2 cm³/mol. The van der Waals surface area contributed by atoms with E-state index >= 15 is 0 Å². The van der Waals surface area contributed by atoms with Gasteiger partial charge in [-0.25, -0.2) is 20.0 Å². The standard InChI is InChI=1S/C15H28N2O5/c1-9-11(18)10(2)17(13(20)22-15(6,7)8)16-12(19)21-14(3,4)5/h10H,9H2,1-8H3,(H,16,19). The van der Waals surface area contributed by atoms with Crippen molar-refractivity contribution in [2.24, 2.45) is 0 Å². The summed E-state index contributed by atoms with van der Waals surface area (Å²) >= 11 is 0. The van der Waals surface area contributed by atoms with Crippen LogP contribution in [0.15, 0.2) is 0 Å². The fourth-order valence-electron chi connectivity index (χ4n) is 1.45. The van der Waals surface area contributed by atoms with Gasteiger partial charge in [0, 0.05) is 6.42 Å². The highest BCUT2D eigenvalue weighted by Gasteiger charge is 2.32. The first-order valence-corrected chi connectivity index (χ1v) is 7.31. The lowest BCUT2D eigenvalue weighted by molar-refractivity contribution is -0.124. The molecule has 0 aliphatic heterocycles. The van der Waals surface area contributed by atoms with Crippen molar-refractivity contribution in [3.05, 3.63) is 0 Å². The fraction of sp³-hybridized carbons (Fsp3) is 0.800. The van der Waals surface area contributed by atoms with Crippen LogP contribution in [0.2, 0.25) is 0 Å². The Hall–Kier alpha value is -1.79. The lowest BCUT2D eigenvalue weighted by Crippen LogP contribution is -2.55. The second-order valence-corrected chi connectivity index (χ2v) is 6.96. The minimum atomic E-state index is -0.854. The van der Waals surface area contributed by atoms with Gasteiger partial charge >= 0.3 is 12.2 Å². The van der Waals surface area contributed by atoms with Crippen LogP contribution in [0.4, 0.5) is 9.59 Å². The first-order chi connectivity index (χ1) is 9.76. The second-order valence-electron chi connectivity index (χ2n) is 6.96. The molecule has 0 aliphatic rings. The molecule has 0 aromatic heterocycles. The van der Waals surface area contributed by atoms with Gasteiger partial charge in [-0.1, -0.05) is 6.92 Å². The molecule has 7 heteroatoms. The molecule has 1 atom stereocenters. The van der Waals surface area contributed by atoms with Gasteiger partial charge in [-0.3, -0.25) is 4.79 Å². The van der Waals surface area contributed by atoms with Gasteiger partial charge < -0.3 is 9.47 Å². The van der Waals surface area contributed by atoms with Gasteiger partial charge in [0.1, 0.15) is 17.2 Å². The second kappa shape index (κ2) is 7.47. The zero-order valence-corrected chi connectivity index (χ0v) is 14.8. The Morgan fingerprint density at radius 2 is 1.45 bits per heavy atom. The summed E-state index contributed by atoms with van der Waals surface area (Å²) in [6.45, 7) is 13.4. The van der Waals surface area contributed by atoms with Crippen LogP contribution >= 0.6 is 0 Å². The van der Waals surface area contributed by atoms with Gasteiger partial charge in [0.2, 0.25) is 0 Å². The molecule has 0 aromatic carbocycles. The van der Waals surface area contributed by atoms with Crippen molar-refractivity contribution in [3.63, 3.8) is 0 Å². The van der Waals surface area contributed by atoms with E-state index in [4.69, 9.17) is 9.47 Å². The molecular formula is C15H28N2O5. The molecule has 0 aromatic rings. The van der Waals surface area contributed by atoms with Crippen LogP contribution in [-0.2, 0) is 14.3 Å². The molecule has 2 amide bonds. The van der Waals surface area contributed by atoms with Gasteiger partial charge in [-0.2, -0.15) is 0 Å². The third-order valence-corrected chi connectivity index (χ3v) is 2.40. The average Bonchev–Trinajstić information content (AvgIpc) is 2.29. The van der Waals surface area contributed by atoms with Crippen molar-refractivity contribution < 1.29 is 23.9 Å². The molecule has 0 fully saturated rings. The summed E-state index contributed by atoms with van der Waals surface area (Å²) in [6.07, 6.45) is -1.40. The highest BCUT2D eigenvalue weighted by molar-refractivity contribution is 5.87. The van der Waals surface area contributed by atoms with Crippen molar-refractivity contribution in [3.8, 4) is 0 Å². The van der Waals surface area contributed by atoms with Crippen molar-refractivity contribution in [2.45, 2.75) is 79.1 Å². The molecule has 22 heavy (non-hydrogen) atoms. The van der Waals surface area contributed by atoms with Crippen LogP contribution in [0, 0.1) is 0 Å². The maximum atomic E-state index is 12.2. The summed E-state index contributed by atoms with van der Waals surface area (Å²) < 4.78 is 10.3. The normalized spacial score (nSPS) is 13.1. The van der Waals surface area contributed by atoms with Crippen LogP contribution in [0.5, 0.6) is 0 Å². The van der Waals surface area contributed by atoms with Gasteiger partial charge in [0.05, 0.1) is 0 Å². The van der Waals surface area contributed by atoms with Crippen LogP contribution in [0.3, 0.4) is 0 Å². The maximum Gasteiger partial charge on any atom is 0.429 e. The highest BCUT2D eigenvalue weighted by atomic mass is 16.6. The molecular weight excluding hydrogens is 288 g/mol. The summed E-state index contributed by atoms with van der Waals surface area (Å²) in [5.74, 6) is -0.207. The van der Waals surface area contributed by atoms with E-state index in [1.54, 1.807) is 48.5 Å². The van der Waals surface area contributed by atoms with Crippen molar-refractivity contribution in [1.82, 2.24) is 10.4 Å². The third-order valence-electron chi connectivity index (χ3n) is 2.40. The molecule has 7 nitrogen and oxygen atoms in total. The quantitative estimate of drug-likeness (QED) is 0.809. The minimum Gasteiger partial charge on any atom is -0.443 e. The number of rotatable bonds is 3. The van der Waals surface area contributed by atoms with Crippen molar-refractivity contribution in [1.29, 1.82) is 0 Å².